The van der Waals surface area contributed by atoms with Crippen LogP contribution in [0.25, 0.3) is 10.4 Å². The fourth-order valence-corrected chi connectivity index (χ4v) is 2.91. The predicted octanol–water partition coefficient (Wildman–Crippen LogP) is 4.18. The second-order valence-electron chi connectivity index (χ2n) is 5.45. The third kappa shape index (κ3) is 3.09. The second-order valence-corrected chi connectivity index (χ2v) is 5.45. The van der Waals surface area contributed by atoms with Crippen LogP contribution in [0, 0.1) is 5.92 Å². The van der Waals surface area contributed by atoms with Crippen molar-refractivity contribution in [1.29, 1.82) is 0 Å². The van der Waals surface area contributed by atoms with Gasteiger partial charge in [-0.15, -0.1) is 0 Å². The molecule has 0 radical (unpaired) electrons. The van der Waals surface area contributed by atoms with Crippen molar-refractivity contribution in [2.75, 3.05) is 6.54 Å². The van der Waals surface area contributed by atoms with Crippen molar-refractivity contribution in [1.82, 2.24) is 0 Å². The monoisotopic (exact) mass is 269 g/mol. The minimum atomic E-state index is -0.120. The summed E-state index contributed by atoms with van der Waals surface area (Å²) >= 11 is 0. The molecule has 2 atom stereocenters. The molecule has 1 aromatic rings. The summed E-state index contributed by atoms with van der Waals surface area (Å²) in [6.07, 6.45) is 6.01. The van der Waals surface area contributed by atoms with Gasteiger partial charge in [0.05, 0.1) is 0 Å². The molecule has 0 saturated carbocycles. The Morgan fingerprint density at radius 1 is 1.40 bits per heavy atom. The van der Waals surface area contributed by atoms with Gasteiger partial charge in [0, 0.05) is 23.3 Å². The van der Waals surface area contributed by atoms with Crippen molar-refractivity contribution >= 4 is 5.78 Å². The highest BCUT2D eigenvalue weighted by Gasteiger charge is 2.36. The van der Waals surface area contributed by atoms with E-state index in [-0.39, 0.29) is 17.1 Å². The van der Waals surface area contributed by atoms with Crippen molar-refractivity contribution in [3.63, 3.8) is 0 Å². The average Bonchev–Trinajstić information content (AvgIpc) is 2.48. The van der Waals surface area contributed by atoms with Gasteiger partial charge in [0.2, 0.25) is 0 Å². The Balaban J connectivity index is 2.20. The molecule has 0 amide bonds. The molecule has 0 spiro atoms. The van der Waals surface area contributed by atoms with E-state index in [4.69, 9.17) is 5.53 Å². The maximum atomic E-state index is 11.7. The summed E-state index contributed by atoms with van der Waals surface area (Å²) in [6, 6.07) is 10.3. The molecular weight excluding hydrogens is 250 g/mol. The van der Waals surface area contributed by atoms with Gasteiger partial charge in [-0.1, -0.05) is 48.4 Å². The molecule has 0 unspecified atom stereocenters. The maximum absolute atomic E-state index is 11.7. The summed E-state index contributed by atoms with van der Waals surface area (Å²) in [7, 11) is 0. The normalized spacial score (nSPS) is 25.2. The Hall–Kier alpha value is -2.06. The molecule has 4 nitrogen and oxygen atoms in total. The van der Waals surface area contributed by atoms with Crippen LogP contribution in [0.15, 0.2) is 47.6 Å². The number of ketones is 1. The SMILES string of the molecule is C[C@@]1(c2ccccc2)C=CC(=O)C[C@H]1CCCN=[N+]=[N-]. The number of hydrogen-bond donors (Lipinski definition) is 0. The number of hydrogen-bond acceptors (Lipinski definition) is 2. The van der Waals surface area contributed by atoms with E-state index < -0.39 is 0 Å². The van der Waals surface area contributed by atoms with E-state index in [0.29, 0.717) is 13.0 Å². The number of azide groups is 1. The lowest BCUT2D eigenvalue weighted by Gasteiger charge is -2.38. The van der Waals surface area contributed by atoms with Gasteiger partial charge in [0.1, 0.15) is 0 Å². The van der Waals surface area contributed by atoms with Gasteiger partial charge in [-0.25, -0.2) is 0 Å². The van der Waals surface area contributed by atoms with E-state index >= 15 is 0 Å². The van der Waals surface area contributed by atoms with Crippen LogP contribution in [-0.2, 0) is 10.2 Å². The van der Waals surface area contributed by atoms with Crippen LogP contribution in [0.1, 0.15) is 31.7 Å². The quantitative estimate of drug-likeness (QED) is 0.342. The fourth-order valence-electron chi connectivity index (χ4n) is 2.91. The van der Waals surface area contributed by atoms with E-state index in [2.05, 4.69) is 29.1 Å². The lowest BCUT2D eigenvalue weighted by atomic mass is 9.65. The van der Waals surface area contributed by atoms with Crippen molar-refractivity contribution in [3.05, 3.63) is 58.5 Å². The fraction of sp³-hybridized carbons (Fsp3) is 0.438. The Morgan fingerprint density at radius 2 is 2.15 bits per heavy atom. The van der Waals surface area contributed by atoms with E-state index in [1.165, 1.54) is 5.56 Å². The molecule has 0 heterocycles. The van der Waals surface area contributed by atoms with Crippen molar-refractivity contribution in [2.45, 2.75) is 31.6 Å². The van der Waals surface area contributed by atoms with Crippen LogP contribution in [0.3, 0.4) is 0 Å². The molecule has 20 heavy (non-hydrogen) atoms. The predicted molar refractivity (Wildman–Crippen MR) is 79.3 cm³/mol. The summed E-state index contributed by atoms with van der Waals surface area (Å²) in [5.41, 5.74) is 9.43. The number of rotatable bonds is 5. The molecule has 2 rings (SSSR count). The van der Waals surface area contributed by atoms with Crippen molar-refractivity contribution in [3.8, 4) is 0 Å². The van der Waals surface area contributed by atoms with Gasteiger partial charge in [0.15, 0.2) is 5.78 Å². The molecular formula is C16H19N3O. The first-order valence-corrected chi connectivity index (χ1v) is 6.95. The summed E-state index contributed by atoms with van der Waals surface area (Å²) in [4.78, 5) is 14.5. The number of carbonyl (C=O) groups excluding carboxylic acids is 1. The Morgan fingerprint density at radius 3 is 2.85 bits per heavy atom. The van der Waals surface area contributed by atoms with E-state index in [1.807, 2.05) is 24.3 Å². The highest BCUT2D eigenvalue weighted by molar-refractivity contribution is 5.91. The Kier molecular flexibility index (Phi) is 4.59. The van der Waals surface area contributed by atoms with E-state index in [1.54, 1.807) is 6.08 Å². The molecule has 0 fully saturated rings. The molecule has 0 aliphatic heterocycles. The second kappa shape index (κ2) is 6.40. The summed E-state index contributed by atoms with van der Waals surface area (Å²) in [5.74, 6) is 0.448. The van der Waals surface area contributed by atoms with Crippen LogP contribution >= 0.6 is 0 Å². The first-order chi connectivity index (χ1) is 9.66. The lowest BCUT2D eigenvalue weighted by molar-refractivity contribution is -0.116. The van der Waals surface area contributed by atoms with E-state index in [9.17, 15) is 4.79 Å². The van der Waals surface area contributed by atoms with Gasteiger partial charge >= 0.3 is 0 Å². The number of nitrogens with zero attached hydrogens (tertiary/aromatic N) is 3. The van der Waals surface area contributed by atoms with Gasteiger partial charge in [0.25, 0.3) is 0 Å². The van der Waals surface area contributed by atoms with Gasteiger partial charge in [-0.05, 0) is 35.9 Å². The van der Waals surface area contributed by atoms with Crippen LogP contribution in [0.2, 0.25) is 0 Å². The van der Waals surface area contributed by atoms with Crippen LogP contribution < -0.4 is 0 Å². The molecule has 1 aromatic carbocycles. The maximum Gasteiger partial charge on any atom is 0.155 e. The first kappa shape index (κ1) is 14.4. The minimum Gasteiger partial charge on any atom is -0.295 e. The highest BCUT2D eigenvalue weighted by atomic mass is 16.1. The Bertz CT molecular complexity index is 546. The standard InChI is InChI=1S/C16H19N3O/c1-16(13-6-3-2-4-7-13)10-9-15(20)12-14(16)8-5-11-18-19-17/h2-4,6-7,9-10,14H,5,8,11-12H2,1H3/t14-,16+/m1/s1. The molecule has 0 bridgehead atoms. The largest absolute Gasteiger partial charge is 0.295 e. The first-order valence-electron chi connectivity index (χ1n) is 6.95. The van der Waals surface area contributed by atoms with Gasteiger partial charge in [-0.3, -0.25) is 4.79 Å². The van der Waals surface area contributed by atoms with E-state index in [0.717, 1.165) is 12.8 Å². The van der Waals surface area contributed by atoms with Crippen molar-refractivity contribution in [2.24, 2.45) is 11.0 Å². The van der Waals surface area contributed by atoms with Gasteiger partial charge in [-0.2, -0.15) is 0 Å². The molecule has 0 aromatic heterocycles. The zero-order valence-electron chi connectivity index (χ0n) is 11.7. The third-order valence-corrected chi connectivity index (χ3v) is 4.18. The van der Waals surface area contributed by atoms with Crippen LogP contribution in [0.4, 0.5) is 0 Å². The molecule has 1 aliphatic rings. The molecule has 104 valence electrons. The molecule has 4 heteroatoms. The number of carbonyl (C=O) groups is 1. The topological polar surface area (TPSA) is 65.8 Å². The molecule has 0 N–H and O–H groups in total. The number of allylic oxidation sites excluding steroid dienone is 2. The minimum absolute atomic E-state index is 0.120. The highest BCUT2D eigenvalue weighted by Crippen LogP contribution is 2.41. The van der Waals surface area contributed by atoms with Crippen molar-refractivity contribution < 1.29 is 4.79 Å². The smallest absolute Gasteiger partial charge is 0.155 e. The third-order valence-electron chi connectivity index (χ3n) is 4.18. The average molecular weight is 269 g/mol. The number of benzene rings is 1. The van der Waals surface area contributed by atoms with Crippen LogP contribution in [0.5, 0.6) is 0 Å². The Labute approximate surface area is 119 Å². The van der Waals surface area contributed by atoms with Gasteiger partial charge < -0.3 is 0 Å². The summed E-state index contributed by atoms with van der Waals surface area (Å²) < 4.78 is 0. The zero-order valence-corrected chi connectivity index (χ0v) is 11.7. The summed E-state index contributed by atoms with van der Waals surface area (Å²) in [6.45, 7) is 2.68. The van der Waals surface area contributed by atoms with Crippen LogP contribution in [-0.4, -0.2) is 12.3 Å². The summed E-state index contributed by atoms with van der Waals surface area (Å²) in [5, 5.41) is 3.57. The zero-order chi connectivity index (χ0) is 14.4. The molecule has 1 aliphatic carbocycles. The lowest BCUT2D eigenvalue weighted by Crippen LogP contribution is -2.34. The molecule has 0 saturated heterocycles.